The van der Waals surface area contributed by atoms with Crippen molar-refractivity contribution in [1.82, 2.24) is 14.5 Å². The molecule has 1 saturated heterocycles. The minimum absolute atomic E-state index is 0.259. The van der Waals surface area contributed by atoms with Crippen LogP contribution in [0.25, 0.3) is 22.4 Å². The van der Waals surface area contributed by atoms with E-state index in [-0.39, 0.29) is 5.82 Å². The molecular weight excluding hydrogens is 339 g/mol. The number of aromatic nitrogens is 2. The van der Waals surface area contributed by atoms with Gasteiger partial charge in [0, 0.05) is 13.1 Å². The second-order valence-corrected chi connectivity index (χ2v) is 7.35. The normalized spacial score (nSPS) is 15.5. The Morgan fingerprint density at radius 3 is 2.59 bits per heavy atom. The Hall–Kier alpha value is -2.24. The molecule has 0 atom stereocenters. The molecule has 27 heavy (non-hydrogen) atoms. The molecule has 2 N–H and O–H groups in total. The fraction of sp³-hybridized carbons (Fsp3) is 0.409. The van der Waals surface area contributed by atoms with E-state index < -0.39 is 0 Å². The highest BCUT2D eigenvalue weighted by Gasteiger charge is 2.17. The van der Waals surface area contributed by atoms with Crippen LogP contribution in [0.3, 0.4) is 0 Å². The SMILES string of the molecule is NCc1ccc(-c2nc3ccccc3n2CCCN2CCCCC2)c(F)c1. The number of para-hydroxylation sites is 2. The topological polar surface area (TPSA) is 47.1 Å². The van der Waals surface area contributed by atoms with Gasteiger partial charge in [0.05, 0.1) is 16.6 Å². The number of hydrogen-bond donors (Lipinski definition) is 1. The maximum Gasteiger partial charge on any atom is 0.144 e. The van der Waals surface area contributed by atoms with Gasteiger partial charge in [-0.15, -0.1) is 0 Å². The summed E-state index contributed by atoms with van der Waals surface area (Å²) >= 11 is 0. The second kappa shape index (κ2) is 8.19. The van der Waals surface area contributed by atoms with Gasteiger partial charge in [0.1, 0.15) is 11.6 Å². The van der Waals surface area contributed by atoms with Crippen LogP contribution >= 0.6 is 0 Å². The third-order valence-corrected chi connectivity index (χ3v) is 5.47. The summed E-state index contributed by atoms with van der Waals surface area (Å²) in [6, 6.07) is 13.3. The van der Waals surface area contributed by atoms with E-state index in [1.165, 1.54) is 38.4 Å². The van der Waals surface area contributed by atoms with Crippen LogP contribution in [0.2, 0.25) is 0 Å². The fourth-order valence-corrected chi connectivity index (χ4v) is 4.01. The van der Waals surface area contributed by atoms with E-state index in [2.05, 4.69) is 15.5 Å². The summed E-state index contributed by atoms with van der Waals surface area (Å²) in [6.07, 6.45) is 5.00. The second-order valence-electron chi connectivity index (χ2n) is 7.35. The van der Waals surface area contributed by atoms with Crippen LogP contribution in [-0.4, -0.2) is 34.1 Å². The van der Waals surface area contributed by atoms with Gasteiger partial charge >= 0.3 is 0 Å². The number of aryl methyl sites for hydroxylation is 1. The lowest BCUT2D eigenvalue weighted by atomic mass is 10.1. The van der Waals surface area contributed by atoms with Gasteiger partial charge in [-0.05, 0) is 68.7 Å². The third-order valence-electron chi connectivity index (χ3n) is 5.47. The van der Waals surface area contributed by atoms with Crippen molar-refractivity contribution in [2.75, 3.05) is 19.6 Å². The van der Waals surface area contributed by atoms with Crippen LogP contribution in [-0.2, 0) is 13.1 Å². The summed E-state index contributed by atoms with van der Waals surface area (Å²) in [5.74, 6) is 0.446. The summed E-state index contributed by atoms with van der Waals surface area (Å²) in [6.45, 7) is 4.66. The molecule has 5 heteroatoms. The van der Waals surface area contributed by atoms with E-state index >= 15 is 0 Å². The molecule has 0 aliphatic carbocycles. The Bertz CT molecular complexity index is 912. The number of nitrogens with two attached hydrogens (primary N) is 1. The van der Waals surface area contributed by atoms with Gasteiger partial charge in [-0.25, -0.2) is 9.37 Å². The van der Waals surface area contributed by atoms with Crippen LogP contribution < -0.4 is 5.73 Å². The van der Waals surface area contributed by atoms with Gasteiger partial charge in [-0.3, -0.25) is 0 Å². The zero-order valence-corrected chi connectivity index (χ0v) is 15.7. The molecule has 0 bridgehead atoms. The number of piperidine rings is 1. The first-order valence-corrected chi connectivity index (χ1v) is 9.93. The third kappa shape index (κ3) is 3.89. The van der Waals surface area contributed by atoms with Crippen molar-refractivity contribution in [2.45, 2.75) is 38.8 Å². The van der Waals surface area contributed by atoms with E-state index in [1.54, 1.807) is 6.07 Å². The molecule has 1 aliphatic heterocycles. The van der Waals surface area contributed by atoms with Gasteiger partial charge < -0.3 is 15.2 Å². The molecule has 3 aromatic rings. The number of likely N-dealkylation sites (tertiary alicyclic amines) is 1. The first-order chi connectivity index (χ1) is 13.3. The summed E-state index contributed by atoms with van der Waals surface area (Å²) in [7, 11) is 0. The van der Waals surface area contributed by atoms with Crippen molar-refractivity contribution in [3.8, 4) is 11.4 Å². The monoisotopic (exact) mass is 366 g/mol. The van der Waals surface area contributed by atoms with E-state index in [9.17, 15) is 4.39 Å². The van der Waals surface area contributed by atoms with Gasteiger partial charge in [-0.1, -0.05) is 24.6 Å². The van der Waals surface area contributed by atoms with Crippen molar-refractivity contribution in [2.24, 2.45) is 5.73 Å². The molecule has 0 amide bonds. The molecule has 0 unspecified atom stereocenters. The lowest BCUT2D eigenvalue weighted by molar-refractivity contribution is 0.223. The number of halogens is 1. The Morgan fingerprint density at radius 1 is 1.00 bits per heavy atom. The van der Waals surface area contributed by atoms with Gasteiger partial charge in [-0.2, -0.15) is 0 Å². The number of rotatable bonds is 6. The Morgan fingerprint density at radius 2 is 1.81 bits per heavy atom. The number of benzene rings is 2. The van der Waals surface area contributed by atoms with Gasteiger partial charge in [0.15, 0.2) is 0 Å². The van der Waals surface area contributed by atoms with Gasteiger partial charge in [0.2, 0.25) is 0 Å². The van der Waals surface area contributed by atoms with Crippen LogP contribution in [0.1, 0.15) is 31.2 Å². The van der Waals surface area contributed by atoms with Crippen LogP contribution in [0.4, 0.5) is 4.39 Å². The largest absolute Gasteiger partial charge is 0.326 e. The highest BCUT2D eigenvalue weighted by atomic mass is 19.1. The zero-order valence-electron chi connectivity index (χ0n) is 15.7. The summed E-state index contributed by atoms with van der Waals surface area (Å²) < 4.78 is 16.9. The highest BCUT2D eigenvalue weighted by Crippen LogP contribution is 2.28. The van der Waals surface area contributed by atoms with Crippen molar-refractivity contribution in [1.29, 1.82) is 0 Å². The maximum atomic E-state index is 14.7. The predicted molar refractivity (Wildman–Crippen MR) is 108 cm³/mol. The quantitative estimate of drug-likeness (QED) is 0.712. The van der Waals surface area contributed by atoms with Crippen LogP contribution in [0, 0.1) is 5.82 Å². The summed E-state index contributed by atoms with van der Waals surface area (Å²) in [5.41, 5.74) is 8.95. The van der Waals surface area contributed by atoms with Crippen LogP contribution in [0.15, 0.2) is 42.5 Å². The zero-order chi connectivity index (χ0) is 18.6. The van der Waals surface area contributed by atoms with E-state index in [0.717, 1.165) is 36.1 Å². The molecule has 1 aromatic heterocycles. The van der Waals surface area contributed by atoms with Crippen molar-refractivity contribution < 1.29 is 4.39 Å². The molecule has 4 rings (SSSR count). The molecule has 2 heterocycles. The Balaban J connectivity index is 1.63. The smallest absolute Gasteiger partial charge is 0.144 e. The number of hydrogen-bond acceptors (Lipinski definition) is 3. The average molecular weight is 366 g/mol. The summed E-state index contributed by atoms with van der Waals surface area (Å²) in [5, 5.41) is 0. The van der Waals surface area contributed by atoms with E-state index in [0.29, 0.717) is 17.9 Å². The van der Waals surface area contributed by atoms with Crippen molar-refractivity contribution in [3.05, 3.63) is 53.8 Å². The van der Waals surface area contributed by atoms with Crippen molar-refractivity contribution >= 4 is 11.0 Å². The molecule has 1 aliphatic rings. The molecule has 4 nitrogen and oxygen atoms in total. The molecule has 0 radical (unpaired) electrons. The first kappa shape index (κ1) is 18.1. The predicted octanol–water partition coefficient (Wildman–Crippen LogP) is 4.18. The number of nitrogens with zero attached hydrogens (tertiary/aromatic N) is 3. The fourth-order valence-electron chi connectivity index (χ4n) is 4.01. The lowest BCUT2D eigenvalue weighted by Gasteiger charge is -2.26. The molecule has 1 fully saturated rings. The van der Waals surface area contributed by atoms with E-state index in [4.69, 9.17) is 10.7 Å². The minimum atomic E-state index is -0.259. The number of imidazole rings is 1. The molecule has 0 spiro atoms. The molecular formula is C22H27FN4. The standard InChI is InChI=1S/C22H27FN4/c23-19-15-17(16-24)9-10-18(19)22-25-20-7-2-3-8-21(20)27(22)14-6-13-26-11-4-1-5-12-26/h2-3,7-10,15H,1,4-6,11-14,16,24H2. The van der Waals surface area contributed by atoms with Gasteiger partial charge in [0.25, 0.3) is 0 Å². The first-order valence-electron chi connectivity index (χ1n) is 9.93. The maximum absolute atomic E-state index is 14.7. The molecule has 0 saturated carbocycles. The summed E-state index contributed by atoms with van der Waals surface area (Å²) in [4.78, 5) is 7.28. The highest BCUT2D eigenvalue weighted by molar-refractivity contribution is 5.80. The lowest BCUT2D eigenvalue weighted by Crippen LogP contribution is -2.31. The molecule has 142 valence electrons. The Labute approximate surface area is 159 Å². The number of fused-ring (bicyclic) bond motifs is 1. The van der Waals surface area contributed by atoms with Crippen LogP contribution in [0.5, 0.6) is 0 Å². The minimum Gasteiger partial charge on any atom is -0.326 e. The molecule has 2 aromatic carbocycles. The Kier molecular flexibility index (Phi) is 5.50. The van der Waals surface area contributed by atoms with Crippen molar-refractivity contribution in [3.63, 3.8) is 0 Å². The average Bonchev–Trinajstić information content (AvgIpc) is 3.07. The van der Waals surface area contributed by atoms with E-state index in [1.807, 2.05) is 24.3 Å².